The van der Waals surface area contributed by atoms with E-state index < -0.39 is 0 Å². The molecule has 0 bridgehead atoms. The fourth-order valence-electron chi connectivity index (χ4n) is 1.32. The molecule has 0 unspecified atom stereocenters. The number of phenolic OH excluding ortho intramolecular Hbond substituents is 1. The molecule has 1 aromatic carbocycles. The van der Waals surface area contributed by atoms with E-state index in [0.29, 0.717) is 26.4 Å². The number of nitrogen functional groups attached to an aromatic ring is 1. The van der Waals surface area contributed by atoms with Gasteiger partial charge < -0.3 is 25.6 Å². The van der Waals surface area contributed by atoms with Gasteiger partial charge in [0.1, 0.15) is 0 Å². The van der Waals surface area contributed by atoms with Crippen LogP contribution in [0.15, 0.2) is 18.2 Å². The van der Waals surface area contributed by atoms with Crippen molar-refractivity contribution in [1.82, 2.24) is 5.32 Å². The largest absolute Gasteiger partial charge is 0.505 e. The molecule has 6 nitrogen and oxygen atoms in total. The van der Waals surface area contributed by atoms with Crippen LogP contribution < -0.4 is 11.1 Å². The van der Waals surface area contributed by atoms with Crippen molar-refractivity contribution in [2.75, 3.05) is 39.2 Å². The molecule has 0 spiro atoms. The molecule has 0 atom stereocenters. The lowest BCUT2D eigenvalue weighted by molar-refractivity contribution is 0.0692. The molecular weight excluding hydrogens is 236 g/mol. The van der Waals surface area contributed by atoms with Crippen molar-refractivity contribution in [2.24, 2.45) is 0 Å². The molecule has 4 N–H and O–H groups in total. The lowest BCUT2D eigenvalue weighted by atomic mass is 10.1. The Morgan fingerprint density at radius 1 is 1.39 bits per heavy atom. The molecule has 0 saturated heterocycles. The molecule has 0 heterocycles. The van der Waals surface area contributed by atoms with Crippen molar-refractivity contribution >= 4 is 11.6 Å². The first-order valence-corrected chi connectivity index (χ1v) is 5.59. The first-order valence-electron chi connectivity index (χ1n) is 5.59. The van der Waals surface area contributed by atoms with Crippen LogP contribution in [0.4, 0.5) is 5.69 Å². The summed E-state index contributed by atoms with van der Waals surface area (Å²) in [5.41, 5.74) is 5.84. The number of phenols is 1. The summed E-state index contributed by atoms with van der Waals surface area (Å²) in [6.45, 7) is 1.74. The Labute approximate surface area is 106 Å². The summed E-state index contributed by atoms with van der Waals surface area (Å²) in [5, 5.41) is 12.2. The van der Waals surface area contributed by atoms with Crippen LogP contribution in [0.2, 0.25) is 0 Å². The average Bonchev–Trinajstić information content (AvgIpc) is 2.36. The SMILES string of the molecule is COCCOCCNC(=O)c1cccc(N)c1O. The van der Waals surface area contributed by atoms with Gasteiger partial charge in [-0.05, 0) is 12.1 Å². The monoisotopic (exact) mass is 254 g/mol. The molecular formula is C12H18N2O4. The molecule has 18 heavy (non-hydrogen) atoms. The Bertz CT molecular complexity index is 396. The van der Waals surface area contributed by atoms with Gasteiger partial charge in [0.05, 0.1) is 31.1 Å². The van der Waals surface area contributed by atoms with Gasteiger partial charge in [0.2, 0.25) is 0 Å². The number of amides is 1. The fourth-order valence-corrected chi connectivity index (χ4v) is 1.32. The molecule has 0 radical (unpaired) electrons. The van der Waals surface area contributed by atoms with Gasteiger partial charge in [-0.1, -0.05) is 6.07 Å². The summed E-state index contributed by atoms with van der Waals surface area (Å²) in [5.74, 6) is -0.578. The predicted molar refractivity (Wildman–Crippen MR) is 67.5 cm³/mol. The number of benzene rings is 1. The van der Waals surface area contributed by atoms with E-state index in [9.17, 15) is 9.90 Å². The number of nitrogens with two attached hydrogens (primary N) is 1. The van der Waals surface area contributed by atoms with Gasteiger partial charge >= 0.3 is 0 Å². The Balaban J connectivity index is 2.35. The number of nitrogens with one attached hydrogen (secondary N) is 1. The molecule has 1 amide bonds. The summed E-state index contributed by atoms with van der Waals surface area (Å²) < 4.78 is 10.00. The van der Waals surface area contributed by atoms with Crippen LogP contribution in [-0.4, -0.2) is 44.5 Å². The summed E-state index contributed by atoms with van der Waals surface area (Å²) >= 11 is 0. The van der Waals surface area contributed by atoms with E-state index in [1.165, 1.54) is 12.1 Å². The average molecular weight is 254 g/mol. The highest BCUT2D eigenvalue weighted by molar-refractivity contribution is 5.98. The summed E-state index contributed by atoms with van der Waals surface area (Å²) in [4.78, 5) is 11.7. The normalized spacial score (nSPS) is 10.3. The van der Waals surface area contributed by atoms with E-state index in [1.54, 1.807) is 13.2 Å². The predicted octanol–water partition coefficient (Wildman–Crippen LogP) is 0.367. The number of anilines is 1. The van der Waals surface area contributed by atoms with Crippen molar-refractivity contribution in [3.8, 4) is 5.75 Å². The molecule has 0 fully saturated rings. The van der Waals surface area contributed by atoms with Crippen LogP contribution in [-0.2, 0) is 9.47 Å². The van der Waals surface area contributed by atoms with Crippen LogP contribution >= 0.6 is 0 Å². The highest BCUT2D eigenvalue weighted by atomic mass is 16.5. The van der Waals surface area contributed by atoms with E-state index >= 15 is 0 Å². The number of hydrogen-bond donors (Lipinski definition) is 3. The zero-order chi connectivity index (χ0) is 13.4. The zero-order valence-electron chi connectivity index (χ0n) is 10.3. The zero-order valence-corrected chi connectivity index (χ0v) is 10.3. The van der Waals surface area contributed by atoms with E-state index in [4.69, 9.17) is 15.2 Å². The first-order chi connectivity index (χ1) is 8.66. The maximum atomic E-state index is 11.7. The van der Waals surface area contributed by atoms with Gasteiger partial charge in [-0.2, -0.15) is 0 Å². The molecule has 0 aliphatic rings. The van der Waals surface area contributed by atoms with Crippen LogP contribution in [0.3, 0.4) is 0 Å². The summed E-state index contributed by atoms with van der Waals surface area (Å²) in [7, 11) is 1.59. The van der Waals surface area contributed by atoms with Gasteiger partial charge in [-0.3, -0.25) is 4.79 Å². The van der Waals surface area contributed by atoms with Gasteiger partial charge in [-0.25, -0.2) is 0 Å². The van der Waals surface area contributed by atoms with E-state index in [2.05, 4.69) is 5.32 Å². The molecule has 0 aliphatic carbocycles. The number of aromatic hydroxyl groups is 1. The minimum atomic E-state index is -0.379. The lowest BCUT2D eigenvalue weighted by Gasteiger charge is -2.08. The van der Waals surface area contributed by atoms with Gasteiger partial charge in [0.15, 0.2) is 5.75 Å². The third-order valence-corrected chi connectivity index (χ3v) is 2.28. The van der Waals surface area contributed by atoms with E-state index in [0.717, 1.165) is 0 Å². The number of rotatable bonds is 7. The molecule has 1 aromatic rings. The standard InChI is InChI=1S/C12H18N2O4/c1-17-7-8-18-6-5-14-12(16)9-3-2-4-10(13)11(9)15/h2-4,15H,5-8,13H2,1H3,(H,14,16). The van der Waals surface area contributed by atoms with Gasteiger partial charge in [0.25, 0.3) is 5.91 Å². The Hall–Kier alpha value is -1.79. The van der Waals surface area contributed by atoms with Crippen molar-refractivity contribution in [3.05, 3.63) is 23.8 Å². The van der Waals surface area contributed by atoms with Crippen molar-refractivity contribution in [1.29, 1.82) is 0 Å². The third kappa shape index (κ3) is 4.23. The van der Waals surface area contributed by atoms with Crippen molar-refractivity contribution in [3.63, 3.8) is 0 Å². The molecule has 6 heteroatoms. The number of methoxy groups -OCH3 is 1. The fraction of sp³-hybridized carbons (Fsp3) is 0.417. The van der Waals surface area contributed by atoms with E-state index in [1.807, 2.05) is 0 Å². The Morgan fingerprint density at radius 3 is 2.89 bits per heavy atom. The van der Waals surface area contributed by atoms with E-state index in [-0.39, 0.29) is 22.9 Å². The minimum absolute atomic E-state index is 0.159. The maximum Gasteiger partial charge on any atom is 0.255 e. The molecule has 1 rings (SSSR count). The number of para-hydroxylation sites is 1. The maximum absolute atomic E-state index is 11.7. The van der Waals surface area contributed by atoms with Gasteiger partial charge in [0, 0.05) is 13.7 Å². The highest BCUT2D eigenvalue weighted by Gasteiger charge is 2.11. The highest BCUT2D eigenvalue weighted by Crippen LogP contribution is 2.23. The second-order valence-corrected chi connectivity index (χ2v) is 3.60. The molecule has 0 aromatic heterocycles. The molecule has 0 saturated carbocycles. The first kappa shape index (κ1) is 14.3. The second kappa shape index (κ2) is 7.52. The summed E-state index contributed by atoms with van der Waals surface area (Å²) in [6.07, 6.45) is 0. The smallest absolute Gasteiger partial charge is 0.255 e. The molecule has 0 aliphatic heterocycles. The van der Waals surface area contributed by atoms with Crippen LogP contribution in [0.1, 0.15) is 10.4 Å². The Morgan fingerprint density at radius 2 is 2.17 bits per heavy atom. The lowest BCUT2D eigenvalue weighted by Crippen LogP contribution is -2.27. The Kier molecular flexibility index (Phi) is 5.96. The quantitative estimate of drug-likeness (QED) is 0.371. The van der Waals surface area contributed by atoms with Crippen LogP contribution in [0.25, 0.3) is 0 Å². The number of ether oxygens (including phenoxy) is 2. The number of carbonyl (C=O) groups excluding carboxylic acids is 1. The number of carbonyl (C=O) groups is 1. The summed E-state index contributed by atoms with van der Waals surface area (Å²) in [6, 6.07) is 4.64. The second-order valence-electron chi connectivity index (χ2n) is 3.60. The number of hydrogen-bond acceptors (Lipinski definition) is 5. The minimum Gasteiger partial charge on any atom is -0.505 e. The third-order valence-electron chi connectivity index (χ3n) is 2.28. The van der Waals surface area contributed by atoms with Crippen LogP contribution in [0.5, 0.6) is 5.75 Å². The molecule has 100 valence electrons. The van der Waals surface area contributed by atoms with Crippen molar-refractivity contribution < 1.29 is 19.4 Å². The van der Waals surface area contributed by atoms with Crippen molar-refractivity contribution in [2.45, 2.75) is 0 Å². The van der Waals surface area contributed by atoms with Gasteiger partial charge in [-0.15, -0.1) is 0 Å². The van der Waals surface area contributed by atoms with Crippen LogP contribution in [0, 0.1) is 0 Å². The topological polar surface area (TPSA) is 93.8 Å².